The first kappa shape index (κ1) is 14.3. The number of carboxylic acids is 1. The van der Waals surface area contributed by atoms with Crippen LogP contribution in [0.15, 0.2) is 54.6 Å². The maximum Gasteiger partial charge on any atom is 0.321 e. The summed E-state index contributed by atoms with van der Waals surface area (Å²) in [5.41, 5.74) is 3.35. The first-order valence-electron chi connectivity index (χ1n) is 6.61. The van der Waals surface area contributed by atoms with E-state index in [9.17, 15) is 9.90 Å². The normalized spacial score (nSPS) is 12.3. The number of carbonyl (C=O) groups is 1. The van der Waals surface area contributed by atoms with Gasteiger partial charge in [0, 0.05) is 0 Å². The average molecular weight is 269 g/mol. The van der Waals surface area contributed by atoms with Crippen molar-refractivity contribution in [2.24, 2.45) is 0 Å². The Morgan fingerprint density at radius 3 is 2.05 bits per heavy atom. The molecule has 0 aliphatic heterocycles. The van der Waals surface area contributed by atoms with Crippen molar-refractivity contribution in [2.75, 3.05) is 14.1 Å². The molecule has 1 atom stereocenters. The number of hydrogen-bond acceptors (Lipinski definition) is 2. The topological polar surface area (TPSA) is 40.5 Å². The minimum atomic E-state index is -0.790. The molecule has 0 aliphatic rings. The van der Waals surface area contributed by atoms with Gasteiger partial charge in [-0.25, -0.2) is 0 Å². The third kappa shape index (κ3) is 3.45. The van der Waals surface area contributed by atoms with Gasteiger partial charge in [-0.1, -0.05) is 54.6 Å². The Balaban J connectivity index is 2.14. The van der Waals surface area contributed by atoms with Crippen LogP contribution in [0.5, 0.6) is 0 Å². The molecule has 2 rings (SSSR count). The van der Waals surface area contributed by atoms with Crippen LogP contribution in [0, 0.1) is 0 Å². The number of aliphatic carboxylic acids is 1. The predicted molar refractivity (Wildman–Crippen MR) is 80.7 cm³/mol. The van der Waals surface area contributed by atoms with Gasteiger partial charge in [-0.05, 0) is 37.2 Å². The molecule has 0 amide bonds. The molecule has 2 aromatic carbocycles. The van der Waals surface area contributed by atoms with Gasteiger partial charge in [0.1, 0.15) is 6.04 Å². The van der Waals surface area contributed by atoms with Crippen molar-refractivity contribution in [3.8, 4) is 11.1 Å². The Labute approximate surface area is 119 Å². The van der Waals surface area contributed by atoms with Crippen molar-refractivity contribution in [1.82, 2.24) is 4.90 Å². The van der Waals surface area contributed by atoms with Crippen molar-refractivity contribution in [3.63, 3.8) is 0 Å². The van der Waals surface area contributed by atoms with Gasteiger partial charge in [0.15, 0.2) is 0 Å². The Kier molecular flexibility index (Phi) is 4.53. The highest BCUT2D eigenvalue weighted by atomic mass is 16.4. The van der Waals surface area contributed by atoms with Crippen LogP contribution in [0.2, 0.25) is 0 Å². The molecular weight excluding hydrogens is 250 g/mol. The maximum atomic E-state index is 11.2. The summed E-state index contributed by atoms with van der Waals surface area (Å²) in [5.74, 6) is -0.790. The Morgan fingerprint density at radius 1 is 1.00 bits per heavy atom. The minimum absolute atomic E-state index is 0.488. The molecule has 0 aromatic heterocycles. The molecule has 0 aliphatic carbocycles. The Bertz CT molecular complexity index is 561. The third-order valence-electron chi connectivity index (χ3n) is 3.40. The number of nitrogens with zero attached hydrogens (tertiary/aromatic N) is 1. The molecule has 0 saturated heterocycles. The van der Waals surface area contributed by atoms with E-state index in [1.165, 1.54) is 5.56 Å². The van der Waals surface area contributed by atoms with Gasteiger partial charge >= 0.3 is 5.97 Å². The highest BCUT2D eigenvalue weighted by molar-refractivity contribution is 5.74. The van der Waals surface area contributed by atoms with Crippen molar-refractivity contribution < 1.29 is 9.90 Å². The van der Waals surface area contributed by atoms with Crippen LogP contribution in [0.25, 0.3) is 11.1 Å². The van der Waals surface area contributed by atoms with Crippen molar-refractivity contribution in [1.29, 1.82) is 0 Å². The molecular formula is C17H19NO2. The quantitative estimate of drug-likeness (QED) is 0.907. The van der Waals surface area contributed by atoms with Gasteiger partial charge in [0.25, 0.3) is 0 Å². The van der Waals surface area contributed by atoms with E-state index in [1.807, 2.05) is 42.5 Å². The van der Waals surface area contributed by atoms with Crippen molar-refractivity contribution in [3.05, 3.63) is 60.2 Å². The second-order valence-electron chi connectivity index (χ2n) is 5.08. The molecule has 104 valence electrons. The molecule has 3 nitrogen and oxygen atoms in total. The number of hydrogen-bond donors (Lipinski definition) is 1. The van der Waals surface area contributed by atoms with Gasteiger partial charge in [-0.3, -0.25) is 9.69 Å². The third-order valence-corrected chi connectivity index (χ3v) is 3.40. The summed E-state index contributed by atoms with van der Waals surface area (Å²) < 4.78 is 0. The fourth-order valence-corrected chi connectivity index (χ4v) is 2.18. The summed E-state index contributed by atoms with van der Waals surface area (Å²) in [6.07, 6.45) is 0.511. The Hall–Kier alpha value is -2.13. The highest BCUT2D eigenvalue weighted by Crippen LogP contribution is 2.20. The van der Waals surface area contributed by atoms with Crippen molar-refractivity contribution >= 4 is 5.97 Å². The molecule has 3 heteroatoms. The summed E-state index contributed by atoms with van der Waals surface area (Å²) in [6, 6.07) is 17.7. The molecule has 0 saturated carbocycles. The lowest BCUT2D eigenvalue weighted by molar-refractivity contribution is -0.142. The van der Waals surface area contributed by atoms with E-state index in [0.717, 1.165) is 11.1 Å². The summed E-state index contributed by atoms with van der Waals surface area (Å²) >= 11 is 0. The molecule has 2 aromatic rings. The summed E-state index contributed by atoms with van der Waals surface area (Å²) in [7, 11) is 3.58. The summed E-state index contributed by atoms with van der Waals surface area (Å²) in [5, 5.41) is 9.20. The molecule has 0 spiro atoms. The van der Waals surface area contributed by atoms with E-state index >= 15 is 0 Å². The van der Waals surface area contributed by atoms with E-state index in [-0.39, 0.29) is 0 Å². The molecule has 0 bridgehead atoms. The lowest BCUT2D eigenvalue weighted by Crippen LogP contribution is -2.37. The minimum Gasteiger partial charge on any atom is -0.480 e. The fourth-order valence-electron chi connectivity index (χ4n) is 2.18. The first-order chi connectivity index (χ1) is 9.58. The van der Waals surface area contributed by atoms with Crippen LogP contribution in [0.4, 0.5) is 0 Å². The molecule has 0 fully saturated rings. The number of rotatable bonds is 5. The van der Waals surface area contributed by atoms with E-state index < -0.39 is 12.0 Å². The van der Waals surface area contributed by atoms with E-state index in [1.54, 1.807) is 19.0 Å². The first-order valence-corrected chi connectivity index (χ1v) is 6.61. The smallest absolute Gasteiger partial charge is 0.321 e. The molecule has 0 radical (unpaired) electrons. The largest absolute Gasteiger partial charge is 0.480 e. The number of carboxylic acid groups (broad SMARTS) is 1. The SMILES string of the molecule is CN(C)C(Cc1ccc(-c2ccccc2)cc1)C(=O)O. The average Bonchev–Trinajstić information content (AvgIpc) is 2.45. The monoisotopic (exact) mass is 269 g/mol. The molecule has 20 heavy (non-hydrogen) atoms. The van der Waals surface area contributed by atoms with Crippen LogP contribution >= 0.6 is 0 Å². The van der Waals surface area contributed by atoms with Gasteiger partial charge in [-0.15, -0.1) is 0 Å². The zero-order valence-corrected chi connectivity index (χ0v) is 11.8. The van der Waals surface area contributed by atoms with Crippen LogP contribution in [0.1, 0.15) is 5.56 Å². The van der Waals surface area contributed by atoms with E-state index in [4.69, 9.17) is 0 Å². The summed E-state index contributed by atoms with van der Waals surface area (Å²) in [4.78, 5) is 12.9. The number of likely N-dealkylation sites (N-methyl/N-ethyl adjacent to an activating group) is 1. The second-order valence-corrected chi connectivity index (χ2v) is 5.08. The van der Waals surface area contributed by atoms with Crippen LogP contribution < -0.4 is 0 Å². The van der Waals surface area contributed by atoms with E-state index in [0.29, 0.717) is 6.42 Å². The lowest BCUT2D eigenvalue weighted by atomic mass is 10.0. The van der Waals surface area contributed by atoms with Crippen molar-refractivity contribution in [2.45, 2.75) is 12.5 Å². The van der Waals surface area contributed by atoms with Gasteiger partial charge in [-0.2, -0.15) is 0 Å². The zero-order chi connectivity index (χ0) is 14.5. The van der Waals surface area contributed by atoms with Gasteiger partial charge in [0.05, 0.1) is 0 Å². The molecule has 1 unspecified atom stereocenters. The second kappa shape index (κ2) is 6.35. The Morgan fingerprint density at radius 2 is 1.55 bits per heavy atom. The van der Waals surface area contributed by atoms with Crippen LogP contribution in [0.3, 0.4) is 0 Å². The van der Waals surface area contributed by atoms with Crippen LogP contribution in [-0.2, 0) is 11.2 Å². The molecule has 1 N–H and O–H groups in total. The lowest BCUT2D eigenvalue weighted by Gasteiger charge is -2.20. The predicted octanol–water partition coefficient (Wildman–Crippen LogP) is 2.91. The van der Waals surface area contributed by atoms with E-state index in [2.05, 4.69) is 12.1 Å². The summed E-state index contributed by atoms with van der Waals surface area (Å²) in [6.45, 7) is 0. The maximum absolute atomic E-state index is 11.2. The van der Waals surface area contributed by atoms with Gasteiger partial charge in [0.2, 0.25) is 0 Å². The standard InChI is InChI=1S/C17H19NO2/c1-18(2)16(17(19)20)12-13-8-10-15(11-9-13)14-6-4-3-5-7-14/h3-11,16H,12H2,1-2H3,(H,19,20). The van der Waals surface area contributed by atoms with Crippen LogP contribution in [-0.4, -0.2) is 36.1 Å². The molecule has 0 heterocycles. The number of benzene rings is 2. The zero-order valence-electron chi connectivity index (χ0n) is 11.8. The van der Waals surface area contributed by atoms with Gasteiger partial charge < -0.3 is 5.11 Å². The fraction of sp³-hybridized carbons (Fsp3) is 0.235. The highest BCUT2D eigenvalue weighted by Gasteiger charge is 2.19.